The van der Waals surface area contributed by atoms with Crippen LogP contribution in [0.3, 0.4) is 0 Å². The molecule has 0 unspecified atom stereocenters. The number of ether oxygens (including phenoxy) is 1. The number of fused-ring (bicyclic) bond motifs is 1. The van der Waals surface area contributed by atoms with Gasteiger partial charge in [-0.1, -0.05) is 0 Å². The molecule has 1 amide bonds. The highest BCUT2D eigenvalue weighted by atomic mass is 16.5. The van der Waals surface area contributed by atoms with Crippen LogP contribution in [0.5, 0.6) is 5.75 Å². The van der Waals surface area contributed by atoms with E-state index in [-0.39, 0.29) is 5.91 Å². The van der Waals surface area contributed by atoms with Crippen molar-refractivity contribution in [2.75, 3.05) is 18.6 Å². The molecule has 1 aliphatic heterocycles. The number of benzene rings is 1. The Morgan fingerprint density at radius 3 is 2.75 bits per heavy atom. The minimum Gasteiger partial charge on any atom is -0.490 e. The average Bonchev–Trinajstić information content (AvgIpc) is 2.95. The lowest BCUT2D eigenvalue weighted by Crippen LogP contribution is -2.39. The molecule has 0 N–H and O–H groups in total. The Morgan fingerprint density at radius 1 is 1.25 bits per heavy atom. The van der Waals surface area contributed by atoms with Crippen LogP contribution in [0, 0.1) is 5.41 Å². The molecule has 0 atom stereocenters. The fraction of sp³-hybridized carbons (Fsp3) is 0.312. The highest BCUT2D eigenvalue weighted by Crippen LogP contribution is 2.38. The van der Waals surface area contributed by atoms with Crippen molar-refractivity contribution in [3.8, 4) is 17.1 Å². The van der Waals surface area contributed by atoms with Gasteiger partial charge >= 0.3 is 0 Å². The molecule has 4 heteroatoms. The van der Waals surface area contributed by atoms with Gasteiger partial charge in [-0.3, -0.25) is 4.79 Å². The number of nitrogens with zero attached hydrogens (tertiary/aromatic N) is 1. The third-order valence-corrected chi connectivity index (χ3v) is 3.60. The van der Waals surface area contributed by atoms with Crippen LogP contribution in [-0.2, 0) is 4.79 Å². The Balaban J connectivity index is 2.06. The number of rotatable bonds is 1. The van der Waals surface area contributed by atoms with Gasteiger partial charge in [-0.2, -0.15) is 0 Å². The van der Waals surface area contributed by atoms with Gasteiger partial charge in [0.1, 0.15) is 18.1 Å². The van der Waals surface area contributed by atoms with E-state index in [0.29, 0.717) is 12.4 Å². The van der Waals surface area contributed by atoms with Crippen molar-refractivity contribution in [2.24, 2.45) is 5.41 Å². The highest BCUT2D eigenvalue weighted by molar-refractivity contribution is 5.99. The molecule has 0 saturated carbocycles. The maximum absolute atomic E-state index is 12.4. The summed E-state index contributed by atoms with van der Waals surface area (Å²) in [5, 5.41) is 0. The van der Waals surface area contributed by atoms with Crippen LogP contribution < -0.4 is 9.64 Å². The van der Waals surface area contributed by atoms with Crippen LogP contribution >= 0.6 is 0 Å². The first-order chi connectivity index (χ1) is 9.49. The summed E-state index contributed by atoms with van der Waals surface area (Å²) in [5.41, 5.74) is 1.20. The second-order valence-electron chi connectivity index (χ2n) is 5.70. The Labute approximate surface area is 118 Å². The third-order valence-electron chi connectivity index (χ3n) is 3.60. The Bertz CT molecular complexity index is 644. The average molecular weight is 271 g/mol. The number of furan rings is 1. The van der Waals surface area contributed by atoms with Crippen molar-refractivity contribution in [3.05, 3.63) is 36.6 Å². The molecular weight excluding hydrogens is 254 g/mol. The summed E-state index contributed by atoms with van der Waals surface area (Å²) in [6.45, 7) is 4.15. The first kappa shape index (κ1) is 12.8. The summed E-state index contributed by atoms with van der Waals surface area (Å²) in [5.74, 6) is 1.55. The Morgan fingerprint density at radius 2 is 2.05 bits per heavy atom. The van der Waals surface area contributed by atoms with Crippen molar-refractivity contribution in [2.45, 2.75) is 13.8 Å². The molecule has 0 radical (unpaired) electrons. The fourth-order valence-corrected chi connectivity index (χ4v) is 2.39. The smallest absolute Gasteiger partial charge is 0.235 e. The molecule has 1 aliphatic rings. The molecule has 0 aliphatic carbocycles. The predicted octanol–water partition coefficient (Wildman–Crippen LogP) is 3.33. The molecule has 0 bridgehead atoms. The lowest BCUT2D eigenvalue weighted by Gasteiger charge is -2.24. The second kappa shape index (κ2) is 4.40. The maximum Gasteiger partial charge on any atom is 0.235 e. The van der Waals surface area contributed by atoms with Crippen LogP contribution in [0.15, 0.2) is 41.0 Å². The quantitative estimate of drug-likeness (QED) is 0.799. The lowest BCUT2D eigenvalue weighted by molar-refractivity contribution is -0.127. The Hall–Kier alpha value is -2.23. The molecule has 4 nitrogen and oxygen atoms in total. The molecule has 0 saturated heterocycles. The normalized spacial score (nSPS) is 17.4. The number of anilines is 1. The molecule has 0 fully saturated rings. The first-order valence-electron chi connectivity index (χ1n) is 6.58. The second-order valence-corrected chi connectivity index (χ2v) is 5.70. The highest BCUT2D eigenvalue weighted by Gasteiger charge is 2.36. The van der Waals surface area contributed by atoms with E-state index in [2.05, 4.69) is 0 Å². The van der Waals surface area contributed by atoms with E-state index in [1.54, 1.807) is 18.2 Å². The zero-order valence-electron chi connectivity index (χ0n) is 11.8. The van der Waals surface area contributed by atoms with E-state index < -0.39 is 5.41 Å². The van der Waals surface area contributed by atoms with Gasteiger partial charge in [0.15, 0.2) is 0 Å². The van der Waals surface area contributed by atoms with Gasteiger partial charge in [0, 0.05) is 12.6 Å². The van der Waals surface area contributed by atoms with Gasteiger partial charge in [-0.25, -0.2) is 0 Å². The van der Waals surface area contributed by atoms with E-state index in [0.717, 1.165) is 17.0 Å². The van der Waals surface area contributed by atoms with Crippen molar-refractivity contribution in [1.82, 2.24) is 0 Å². The van der Waals surface area contributed by atoms with Crippen LogP contribution in [-0.4, -0.2) is 19.6 Å². The van der Waals surface area contributed by atoms with E-state index >= 15 is 0 Å². The monoisotopic (exact) mass is 271 g/mol. The molecule has 0 spiro atoms. The van der Waals surface area contributed by atoms with E-state index in [1.165, 1.54) is 0 Å². The molecule has 104 valence electrons. The number of carbonyl (C=O) groups excluding carboxylic acids is 1. The minimum atomic E-state index is -0.529. The van der Waals surface area contributed by atoms with Crippen molar-refractivity contribution >= 4 is 11.6 Å². The molecular formula is C16H17NO3. The van der Waals surface area contributed by atoms with Crippen LogP contribution in [0.25, 0.3) is 11.3 Å². The molecule has 1 aromatic heterocycles. The zero-order chi connectivity index (χ0) is 14.3. The lowest BCUT2D eigenvalue weighted by atomic mass is 9.93. The maximum atomic E-state index is 12.4. The van der Waals surface area contributed by atoms with Gasteiger partial charge in [0.2, 0.25) is 5.91 Å². The van der Waals surface area contributed by atoms with Crippen molar-refractivity contribution in [3.63, 3.8) is 0 Å². The van der Waals surface area contributed by atoms with E-state index in [4.69, 9.17) is 9.15 Å². The summed E-state index contributed by atoms with van der Waals surface area (Å²) in [6, 6.07) is 9.49. The van der Waals surface area contributed by atoms with Crippen LogP contribution in [0.2, 0.25) is 0 Å². The third kappa shape index (κ3) is 1.97. The summed E-state index contributed by atoms with van der Waals surface area (Å²) < 4.78 is 11.2. The molecule has 2 heterocycles. The number of hydrogen-bond acceptors (Lipinski definition) is 3. The molecule has 2 aromatic rings. The number of amides is 1. The summed E-state index contributed by atoms with van der Waals surface area (Å²) in [6.07, 6.45) is 1.64. The summed E-state index contributed by atoms with van der Waals surface area (Å²) >= 11 is 0. The van der Waals surface area contributed by atoms with E-state index in [1.807, 2.05) is 44.2 Å². The fourth-order valence-electron chi connectivity index (χ4n) is 2.39. The van der Waals surface area contributed by atoms with Crippen molar-refractivity contribution < 1.29 is 13.9 Å². The standard InChI is InChI=1S/C16H17NO3/c1-16(2)10-20-14-9-11(13-5-4-8-19-13)6-7-12(14)17(3)15(16)18/h4-9H,10H2,1-3H3. The molecule has 3 rings (SSSR count). The predicted molar refractivity (Wildman–Crippen MR) is 76.8 cm³/mol. The van der Waals surface area contributed by atoms with Gasteiger partial charge in [0.05, 0.1) is 17.4 Å². The van der Waals surface area contributed by atoms with Crippen LogP contribution in [0.1, 0.15) is 13.8 Å². The van der Waals surface area contributed by atoms with E-state index in [9.17, 15) is 4.79 Å². The first-order valence-corrected chi connectivity index (χ1v) is 6.58. The SMILES string of the molecule is CN1C(=O)C(C)(C)COc2cc(-c3ccco3)ccc21. The minimum absolute atomic E-state index is 0.0574. The summed E-state index contributed by atoms with van der Waals surface area (Å²) in [4.78, 5) is 14.0. The van der Waals surface area contributed by atoms with Gasteiger partial charge in [-0.15, -0.1) is 0 Å². The zero-order valence-corrected chi connectivity index (χ0v) is 11.8. The number of carbonyl (C=O) groups is 1. The van der Waals surface area contributed by atoms with Gasteiger partial charge < -0.3 is 14.1 Å². The van der Waals surface area contributed by atoms with Crippen LogP contribution in [0.4, 0.5) is 5.69 Å². The van der Waals surface area contributed by atoms with Gasteiger partial charge in [0.25, 0.3) is 0 Å². The molecule has 1 aromatic carbocycles. The largest absolute Gasteiger partial charge is 0.490 e. The topological polar surface area (TPSA) is 42.7 Å². The van der Waals surface area contributed by atoms with Gasteiger partial charge in [-0.05, 0) is 44.2 Å². The molecule has 20 heavy (non-hydrogen) atoms. The summed E-state index contributed by atoms with van der Waals surface area (Å²) in [7, 11) is 1.78. The number of hydrogen-bond donors (Lipinski definition) is 0. The Kier molecular flexibility index (Phi) is 2.82. The van der Waals surface area contributed by atoms with Crippen molar-refractivity contribution in [1.29, 1.82) is 0 Å².